The van der Waals surface area contributed by atoms with Crippen LogP contribution in [-0.2, 0) is 14.4 Å². The molecule has 1 unspecified atom stereocenters. The fourth-order valence-corrected chi connectivity index (χ4v) is 2.72. The van der Waals surface area contributed by atoms with Crippen LogP contribution in [0.15, 0.2) is 5.16 Å². The molecule has 1 N–H and O–H groups in total. The lowest BCUT2D eigenvalue weighted by Crippen LogP contribution is -2.45. The topological polar surface area (TPSA) is 63.2 Å². The zero-order valence-electron chi connectivity index (χ0n) is 13.4. The highest BCUT2D eigenvalue weighted by Crippen LogP contribution is 2.23. The standard InChI is InChI=1S/C15H27N3O3/c1-12-11-15(2,21-17-12)14(19)16-7-4-10-20-13-5-8-18(3)9-6-13/h13H,4-11H2,1-3H3,(H,16,19). The molecule has 1 atom stereocenters. The number of nitrogens with zero attached hydrogens (tertiary/aromatic N) is 2. The largest absolute Gasteiger partial charge is 0.379 e. The Balaban J connectivity index is 1.55. The van der Waals surface area contributed by atoms with E-state index in [1.54, 1.807) is 6.92 Å². The Morgan fingerprint density at radius 3 is 2.86 bits per heavy atom. The Morgan fingerprint density at radius 2 is 2.24 bits per heavy atom. The molecule has 2 aliphatic heterocycles. The fourth-order valence-electron chi connectivity index (χ4n) is 2.72. The monoisotopic (exact) mass is 297 g/mol. The molecule has 2 rings (SSSR count). The summed E-state index contributed by atoms with van der Waals surface area (Å²) in [4.78, 5) is 19.6. The van der Waals surface area contributed by atoms with Crippen LogP contribution in [0.4, 0.5) is 0 Å². The molecular weight excluding hydrogens is 270 g/mol. The van der Waals surface area contributed by atoms with Crippen molar-refractivity contribution < 1.29 is 14.4 Å². The summed E-state index contributed by atoms with van der Waals surface area (Å²) in [5.41, 5.74) is 0.0251. The average Bonchev–Trinajstić information content (AvgIpc) is 2.81. The maximum Gasteiger partial charge on any atom is 0.267 e. The summed E-state index contributed by atoms with van der Waals surface area (Å²) in [5, 5.41) is 6.75. The highest BCUT2D eigenvalue weighted by molar-refractivity contribution is 5.94. The van der Waals surface area contributed by atoms with E-state index in [1.165, 1.54) is 0 Å². The minimum Gasteiger partial charge on any atom is -0.379 e. The second kappa shape index (κ2) is 7.22. The van der Waals surface area contributed by atoms with Crippen molar-refractivity contribution in [2.45, 2.75) is 51.2 Å². The van der Waals surface area contributed by atoms with Gasteiger partial charge in [0.05, 0.1) is 11.8 Å². The molecule has 1 amide bonds. The number of rotatable bonds is 6. The van der Waals surface area contributed by atoms with E-state index >= 15 is 0 Å². The number of nitrogens with one attached hydrogen (secondary N) is 1. The Morgan fingerprint density at radius 1 is 1.52 bits per heavy atom. The molecule has 0 aliphatic carbocycles. The molecule has 6 heteroatoms. The molecular formula is C15H27N3O3. The van der Waals surface area contributed by atoms with Crippen LogP contribution >= 0.6 is 0 Å². The normalized spacial score (nSPS) is 27.3. The number of amides is 1. The number of piperidine rings is 1. The highest BCUT2D eigenvalue weighted by Gasteiger charge is 2.40. The number of carbonyl (C=O) groups is 1. The number of likely N-dealkylation sites (tertiary alicyclic amines) is 1. The van der Waals surface area contributed by atoms with Crippen molar-refractivity contribution in [1.82, 2.24) is 10.2 Å². The number of oxime groups is 1. The SMILES string of the molecule is CC1=NOC(C)(C(=O)NCCCOC2CCN(C)CC2)C1. The zero-order valence-corrected chi connectivity index (χ0v) is 13.4. The molecule has 6 nitrogen and oxygen atoms in total. The molecule has 0 radical (unpaired) electrons. The molecule has 0 bridgehead atoms. The van der Waals surface area contributed by atoms with Crippen LogP contribution in [0.2, 0.25) is 0 Å². The first-order chi connectivity index (χ1) is 9.99. The van der Waals surface area contributed by atoms with Gasteiger partial charge in [-0.05, 0) is 40.2 Å². The van der Waals surface area contributed by atoms with Crippen molar-refractivity contribution in [3.63, 3.8) is 0 Å². The Kier molecular flexibility index (Phi) is 5.58. The fraction of sp³-hybridized carbons (Fsp3) is 0.867. The summed E-state index contributed by atoms with van der Waals surface area (Å²) in [6, 6.07) is 0. The van der Waals surface area contributed by atoms with Gasteiger partial charge in [-0.1, -0.05) is 5.16 Å². The van der Waals surface area contributed by atoms with Crippen LogP contribution in [0.1, 0.15) is 39.5 Å². The molecule has 1 saturated heterocycles. The third-order valence-electron chi connectivity index (χ3n) is 4.10. The summed E-state index contributed by atoms with van der Waals surface area (Å²) in [5.74, 6) is -0.0950. The van der Waals surface area contributed by atoms with Gasteiger partial charge in [0.15, 0.2) is 0 Å². The molecule has 0 aromatic heterocycles. The van der Waals surface area contributed by atoms with E-state index in [0.29, 0.717) is 25.7 Å². The Labute approximate surface area is 126 Å². The molecule has 0 aromatic carbocycles. The second-order valence-electron chi connectivity index (χ2n) is 6.31. The smallest absolute Gasteiger partial charge is 0.267 e. The van der Waals surface area contributed by atoms with Gasteiger partial charge in [0.2, 0.25) is 5.60 Å². The van der Waals surface area contributed by atoms with Gasteiger partial charge in [0.1, 0.15) is 0 Å². The molecule has 120 valence electrons. The van der Waals surface area contributed by atoms with Crippen LogP contribution < -0.4 is 5.32 Å². The van der Waals surface area contributed by atoms with Crippen molar-refractivity contribution in [2.75, 3.05) is 33.3 Å². The average molecular weight is 297 g/mol. The maximum atomic E-state index is 12.1. The maximum absolute atomic E-state index is 12.1. The van der Waals surface area contributed by atoms with Crippen molar-refractivity contribution in [2.24, 2.45) is 5.16 Å². The Bertz CT molecular complexity index is 392. The van der Waals surface area contributed by atoms with Gasteiger partial charge in [-0.25, -0.2) is 0 Å². The minimum absolute atomic E-state index is 0.0950. The van der Waals surface area contributed by atoms with E-state index in [4.69, 9.17) is 9.57 Å². The zero-order chi connectivity index (χ0) is 15.3. The van der Waals surface area contributed by atoms with Gasteiger partial charge >= 0.3 is 0 Å². The predicted octanol–water partition coefficient (Wildman–Crippen LogP) is 1.16. The quantitative estimate of drug-likeness (QED) is 0.747. The second-order valence-corrected chi connectivity index (χ2v) is 6.31. The van der Waals surface area contributed by atoms with Gasteiger partial charge in [-0.2, -0.15) is 0 Å². The molecule has 21 heavy (non-hydrogen) atoms. The molecule has 0 aromatic rings. The van der Waals surface area contributed by atoms with E-state index < -0.39 is 5.60 Å². The van der Waals surface area contributed by atoms with Gasteiger partial charge < -0.3 is 19.8 Å². The van der Waals surface area contributed by atoms with Gasteiger partial charge in [-0.3, -0.25) is 4.79 Å². The summed E-state index contributed by atoms with van der Waals surface area (Å²) in [6.07, 6.45) is 3.97. The van der Waals surface area contributed by atoms with E-state index in [0.717, 1.165) is 38.1 Å². The van der Waals surface area contributed by atoms with Crippen LogP contribution in [0.25, 0.3) is 0 Å². The van der Waals surface area contributed by atoms with Crippen molar-refractivity contribution >= 4 is 11.6 Å². The first-order valence-corrected chi connectivity index (χ1v) is 7.80. The predicted molar refractivity (Wildman–Crippen MR) is 81.3 cm³/mol. The molecule has 1 fully saturated rings. The minimum atomic E-state index is -0.834. The molecule has 0 spiro atoms. The summed E-state index contributed by atoms with van der Waals surface area (Å²) in [7, 11) is 2.14. The summed E-state index contributed by atoms with van der Waals surface area (Å²) >= 11 is 0. The van der Waals surface area contributed by atoms with E-state index in [-0.39, 0.29) is 5.91 Å². The lowest BCUT2D eigenvalue weighted by Gasteiger charge is -2.29. The molecule has 2 aliphatic rings. The van der Waals surface area contributed by atoms with Crippen LogP contribution in [0.3, 0.4) is 0 Å². The first kappa shape index (κ1) is 16.2. The third kappa shape index (κ3) is 4.68. The van der Waals surface area contributed by atoms with Crippen molar-refractivity contribution in [3.05, 3.63) is 0 Å². The summed E-state index contributed by atoms with van der Waals surface area (Å²) < 4.78 is 5.85. The van der Waals surface area contributed by atoms with Gasteiger partial charge in [0.25, 0.3) is 5.91 Å². The lowest BCUT2D eigenvalue weighted by atomic mass is 9.99. The van der Waals surface area contributed by atoms with Crippen molar-refractivity contribution in [1.29, 1.82) is 0 Å². The van der Waals surface area contributed by atoms with E-state index in [2.05, 4.69) is 22.4 Å². The van der Waals surface area contributed by atoms with E-state index in [1.807, 2.05) is 6.92 Å². The van der Waals surface area contributed by atoms with Crippen LogP contribution in [0, 0.1) is 0 Å². The summed E-state index contributed by atoms with van der Waals surface area (Å²) in [6.45, 7) is 7.17. The number of hydrogen-bond acceptors (Lipinski definition) is 5. The number of hydrogen-bond donors (Lipinski definition) is 1. The third-order valence-corrected chi connectivity index (χ3v) is 4.10. The molecule has 2 heterocycles. The van der Waals surface area contributed by atoms with Gasteiger partial charge in [-0.15, -0.1) is 0 Å². The highest BCUT2D eigenvalue weighted by atomic mass is 16.7. The number of ether oxygens (including phenoxy) is 1. The van der Waals surface area contributed by atoms with Crippen molar-refractivity contribution in [3.8, 4) is 0 Å². The molecule has 0 saturated carbocycles. The van der Waals surface area contributed by atoms with Crippen LogP contribution in [0.5, 0.6) is 0 Å². The number of carbonyl (C=O) groups excluding carboxylic acids is 1. The first-order valence-electron chi connectivity index (χ1n) is 7.80. The Hall–Kier alpha value is -1.14. The van der Waals surface area contributed by atoms with Crippen LogP contribution in [-0.4, -0.2) is 61.5 Å². The van der Waals surface area contributed by atoms with Gasteiger partial charge in [0, 0.05) is 32.7 Å². The lowest BCUT2D eigenvalue weighted by molar-refractivity contribution is -0.141. The van der Waals surface area contributed by atoms with E-state index in [9.17, 15) is 4.79 Å².